The fourth-order valence-corrected chi connectivity index (χ4v) is 3.14. The molecule has 0 aliphatic carbocycles. The van der Waals surface area contributed by atoms with Gasteiger partial charge in [0.25, 0.3) is 0 Å². The summed E-state index contributed by atoms with van der Waals surface area (Å²) >= 11 is 7.20. The summed E-state index contributed by atoms with van der Waals surface area (Å²) < 4.78 is 1.17. The Hall–Kier alpha value is -1.91. The Morgan fingerprint density at radius 2 is 1.90 bits per heavy atom. The SMILES string of the molecule is O=C(CCCl)Nc1ccc(-c2nc3ccccc3s2)cc1. The maximum Gasteiger partial charge on any atom is 0.225 e. The van der Waals surface area contributed by atoms with Crippen LogP contribution in [0, 0.1) is 0 Å². The predicted octanol–water partition coefficient (Wildman–Crippen LogP) is 4.53. The maximum absolute atomic E-state index is 11.5. The summed E-state index contributed by atoms with van der Waals surface area (Å²) in [7, 11) is 0. The van der Waals surface area contributed by atoms with E-state index in [0.29, 0.717) is 12.3 Å². The summed E-state index contributed by atoms with van der Waals surface area (Å²) in [5.74, 6) is 0.257. The molecule has 0 fully saturated rings. The fourth-order valence-electron chi connectivity index (χ4n) is 2.00. The van der Waals surface area contributed by atoms with Gasteiger partial charge in [0, 0.05) is 23.6 Å². The van der Waals surface area contributed by atoms with Gasteiger partial charge < -0.3 is 5.32 Å². The first kappa shape index (κ1) is 14.0. The summed E-state index contributed by atoms with van der Waals surface area (Å²) in [4.78, 5) is 16.1. The van der Waals surface area contributed by atoms with Crippen molar-refractivity contribution in [1.82, 2.24) is 4.98 Å². The Bertz CT molecular complexity index is 734. The second-order valence-electron chi connectivity index (χ2n) is 4.55. The Labute approximate surface area is 131 Å². The van der Waals surface area contributed by atoms with Crippen LogP contribution in [0.15, 0.2) is 48.5 Å². The van der Waals surface area contributed by atoms with Crippen molar-refractivity contribution in [3.05, 3.63) is 48.5 Å². The highest BCUT2D eigenvalue weighted by molar-refractivity contribution is 7.21. The number of nitrogens with one attached hydrogen (secondary N) is 1. The molecule has 5 heteroatoms. The number of carbonyl (C=O) groups is 1. The molecular formula is C16H13ClN2OS. The molecule has 2 aromatic carbocycles. The molecule has 0 saturated heterocycles. The summed E-state index contributed by atoms with van der Waals surface area (Å²) in [6.07, 6.45) is 0.321. The number of rotatable bonds is 4. The number of fused-ring (bicyclic) bond motifs is 1. The molecule has 0 spiro atoms. The first-order chi connectivity index (χ1) is 10.3. The van der Waals surface area contributed by atoms with Gasteiger partial charge in [-0.05, 0) is 36.4 Å². The van der Waals surface area contributed by atoms with E-state index in [9.17, 15) is 4.79 Å². The quantitative estimate of drug-likeness (QED) is 0.718. The number of aromatic nitrogens is 1. The van der Waals surface area contributed by atoms with Gasteiger partial charge in [0.05, 0.1) is 10.2 Å². The fraction of sp³-hybridized carbons (Fsp3) is 0.125. The lowest BCUT2D eigenvalue weighted by atomic mass is 10.2. The zero-order chi connectivity index (χ0) is 14.7. The van der Waals surface area contributed by atoms with Gasteiger partial charge in [-0.25, -0.2) is 4.98 Å². The number of thiazole rings is 1. The van der Waals surface area contributed by atoms with Crippen LogP contribution in [-0.2, 0) is 4.79 Å². The summed E-state index contributed by atoms with van der Waals surface area (Å²) in [6, 6.07) is 15.8. The third-order valence-corrected chi connectivity index (χ3v) is 4.31. The van der Waals surface area contributed by atoms with Gasteiger partial charge in [-0.3, -0.25) is 4.79 Å². The van der Waals surface area contributed by atoms with E-state index in [1.54, 1.807) is 11.3 Å². The molecule has 3 nitrogen and oxygen atoms in total. The van der Waals surface area contributed by atoms with E-state index < -0.39 is 0 Å². The number of amides is 1. The minimum atomic E-state index is -0.0715. The molecule has 3 aromatic rings. The number of benzene rings is 2. The van der Waals surface area contributed by atoms with E-state index in [4.69, 9.17) is 11.6 Å². The number of nitrogens with zero attached hydrogens (tertiary/aromatic N) is 1. The van der Waals surface area contributed by atoms with E-state index in [0.717, 1.165) is 21.8 Å². The highest BCUT2D eigenvalue weighted by Crippen LogP contribution is 2.30. The number of anilines is 1. The largest absolute Gasteiger partial charge is 0.326 e. The molecule has 106 valence electrons. The van der Waals surface area contributed by atoms with Crippen molar-refractivity contribution in [3.63, 3.8) is 0 Å². The number of carbonyl (C=O) groups excluding carboxylic acids is 1. The van der Waals surface area contributed by atoms with Crippen molar-refractivity contribution >= 4 is 44.7 Å². The molecule has 21 heavy (non-hydrogen) atoms. The van der Waals surface area contributed by atoms with Crippen molar-refractivity contribution in [2.75, 3.05) is 11.2 Å². The molecule has 3 rings (SSSR count). The summed E-state index contributed by atoms with van der Waals surface area (Å²) in [5.41, 5.74) is 2.83. The Balaban J connectivity index is 1.81. The zero-order valence-electron chi connectivity index (χ0n) is 11.2. The number of hydrogen-bond donors (Lipinski definition) is 1. The Kier molecular flexibility index (Phi) is 4.18. The Morgan fingerprint density at radius 1 is 1.14 bits per heavy atom. The van der Waals surface area contributed by atoms with Crippen LogP contribution in [0.1, 0.15) is 6.42 Å². The van der Waals surface area contributed by atoms with Gasteiger partial charge in [0.1, 0.15) is 5.01 Å². The van der Waals surface area contributed by atoms with E-state index in [-0.39, 0.29) is 5.91 Å². The van der Waals surface area contributed by atoms with E-state index >= 15 is 0 Å². The van der Waals surface area contributed by atoms with Crippen LogP contribution in [0.2, 0.25) is 0 Å². The smallest absolute Gasteiger partial charge is 0.225 e. The molecule has 0 atom stereocenters. The van der Waals surface area contributed by atoms with Crippen molar-refractivity contribution in [2.45, 2.75) is 6.42 Å². The predicted molar refractivity (Wildman–Crippen MR) is 89.0 cm³/mol. The van der Waals surface area contributed by atoms with E-state index in [2.05, 4.69) is 16.4 Å². The minimum Gasteiger partial charge on any atom is -0.326 e. The molecule has 0 aliphatic heterocycles. The normalized spacial score (nSPS) is 10.7. The van der Waals surface area contributed by atoms with E-state index in [1.807, 2.05) is 42.5 Å². The van der Waals surface area contributed by atoms with Crippen LogP contribution >= 0.6 is 22.9 Å². The lowest BCUT2D eigenvalue weighted by molar-refractivity contribution is -0.115. The topological polar surface area (TPSA) is 42.0 Å². The van der Waals surface area contributed by atoms with Crippen LogP contribution in [0.25, 0.3) is 20.8 Å². The van der Waals surface area contributed by atoms with Crippen LogP contribution in [-0.4, -0.2) is 16.8 Å². The molecule has 1 N–H and O–H groups in total. The van der Waals surface area contributed by atoms with Gasteiger partial charge in [0.15, 0.2) is 0 Å². The summed E-state index contributed by atoms with van der Waals surface area (Å²) in [6.45, 7) is 0. The van der Waals surface area contributed by atoms with Crippen molar-refractivity contribution in [3.8, 4) is 10.6 Å². The standard InChI is InChI=1S/C16H13ClN2OS/c17-10-9-15(20)18-12-7-5-11(6-8-12)16-19-13-3-1-2-4-14(13)21-16/h1-8H,9-10H2,(H,18,20). The third-order valence-electron chi connectivity index (χ3n) is 3.03. The summed E-state index contributed by atoms with van der Waals surface area (Å²) in [5, 5.41) is 3.79. The minimum absolute atomic E-state index is 0.0715. The molecular weight excluding hydrogens is 304 g/mol. The number of hydrogen-bond acceptors (Lipinski definition) is 3. The lowest BCUT2D eigenvalue weighted by Gasteiger charge is -2.04. The molecule has 0 unspecified atom stereocenters. The molecule has 0 saturated carbocycles. The molecule has 1 heterocycles. The highest BCUT2D eigenvalue weighted by atomic mass is 35.5. The second kappa shape index (κ2) is 6.24. The third kappa shape index (κ3) is 3.23. The maximum atomic E-state index is 11.5. The van der Waals surface area contributed by atoms with Crippen LogP contribution in [0.5, 0.6) is 0 Å². The second-order valence-corrected chi connectivity index (χ2v) is 5.96. The average molecular weight is 317 g/mol. The van der Waals surface area contributed by atoms with Crippen LogP contribution in [0.3, 0.4) is 0 Å². The lowest BCUT2D eigenvalue weighted by Crippen LogP contribution is -2.11. The molecule has 0 aliphatic rings. The first-order valence-corrected chi connectivity index (χ1v) is 7.93. The highest BCUT2D eigenvalue weighted by Gasteiger charge is 2.06. The zero-order valence-corrected chi connectivity index (χ0v) is 12.7. The van der Waals surface area contributed by atoms with Crippen molar-refractivity contribution in [1.29, 1.82) is 0 Å². The van der Waals surface area contributed by atoms with Crippen LogP contribution in [0.4, 0.5) is 5.69 Å². The van der Waals surface area contributed by atoms with Gasteiger partial charge in [-0.1, -0.05) is 12.1 Å². The van der Waals surface area contributed by atoms with Crippen molar-refractivity contribution in [2.24, 2.45) is 0 Å². The average Bonchev–Trinajstić information content (AvgIpc) is 2.92. The monoisotopic (exact) mass is 316 g/mol. The first-order valence-electron chi connectivity index (χ1n) is 6.58. The number of alkyl halides is 1. The van der Waals surface area contributed by atoms with Gasteiger partial charge >= 0.3 is 0 Å². The van der Waals surface area contributed by atoms with Crippen molar-refractivity contribution < 1.29 is 4.79 Å². The number of halogens is 1. The van der Waals surface area contributed by atoms with Gasteiger partial charge in [0.2, 0.25) is 5.91 Å². The van der Waals surface area contributed by atoms with Gasteiger partial charge in [-0.15, -0.1) is 22.9 Å². The van der Waals surface area contributed by atoms with Gasteiger partial charge in [-0.2, -0.15) is 0 Å². The van der Waals surface area contributed by atoms with E-state index in [1.165, 1.54) is 4.70 Å². The Morgan fingerprint density at radius 3 is 2.62 bits per heavy atom. The molecule has 1 amide bonds. The van der Waals surface area contributed by atoms with Crippen LogP contribution < -0.4 is 5.32 Å². The molecule has 1 aromatic heterocycles. The molecule has 0 radical (unpaired) electrons. The molecule has 0 bridgehead atoms. The number of para-hydroxylation sites is 1.